The van der Waals surface area contributed by atoms with Crippen molar-refractivity contribution < 1.29 is 0 Å². The maximum absolute atomic E-state index is 4.26. The van der Waals surface area contributed by atoms with Crippen molar-refractivity contribution in [1.29, 1.82) is 0 Å². The van der Waals surface area contributed by atoms with Crippen LogP contribution in [0.25, 0.3) is 0 Å². The molecule has 0 saturated carbocycles. The van der Waals surface area contributed by atoms with E-state index in [0.29, 0.717) is 0 Å². The Labute approximate surface area is 87.9 Å². The summed E-state index contributed by atoms with van der Waals surface area (Å²) in [5.74, 6) is 0.839. The van der Waals surface area contributed by atoms with Crippen molar-refractivity contribution in [2.24, 2.45) is 0 Å². The lowest BCUT2D eigenvalue weighted by Crippen LogP contribution is -2.46. The molecule has 0 unspecified atom stereocenters. The average molecular weight is 213 g/mol. The smallest absolute Gasteiger partial charge is 0.217 e. The molecule has 2 heterocycles. The summed E-state index contributed by atoms with van der Waals surface area (Å²) >= 11 is 1.42. The van der Waals surface area contributed by atoms with Gasteiger partial charge in [0.25, 0.3) is 0 Å². The van der Waals surface area contributed by atoms with Gasteiger partial charge in [0.15, 0.2) is 0 Å². The predicted molar refractivity (Wildman–Crippen MR) is 57.3 cm³/mol. The van der Waals surface area contributed by atoms with Crippen molar-refractivity contribution in [1.82, 2.24) is 19.3 Å². The van der Waals surface area contributed by atoms with Crippen LogP contribution in [0.2, 0.25) is 0 Å². The summed E-state index contributed by atoms with van der Waals surface area (Å²) in [7, 11) is 2.15. The van der Waals surface area contributed by atoms with Crippen LogP contribution in [0.3, 0.4) is 0 Å². The van der Waals surface area contributed by atoms with E-state index in [0.717, 1.165) is 37.1 Å². The van der Waals surface area contributed by atoms with E-state index >= 15 is 0 Å². The zero-order valence-corrected chi connectivity index (χ0v) is 9.34. The molecule has 5 nitrogen and oxygen atoms in total. The van der Waals surface area contributed by atoms with Crippen molar-refractivity contribution in [3.8, 4) is 0 Å². The highest BCUT2D eigenvalue weighted by molar-refractivity contribution is 7.09. The normalized spacial score (nSPS) is 19.9. The summed E-state index contributed by atoms with van der Waals surface area (Å²) in [6, 6.07) is 0. The zero-order chi connectivity index (χ0) is 9.97. The maximum atomic E-state index is 4.26. The first-order valence-corrected chi connectivity index (χ1v) is 5.52. The molecule has 1 N–H and O–H groups in total. The van der Waals surface area contributed by atoms with E-state index in [-0.39, 0.29) is 0 Å². The van der Waals surface area contributed by atoms with Crippen LogP contribution in [0.15, 0.2) is 0 Å². The lowest BCUT2D eigenvalue weighted by atomic mass is 10.4. The second kappa shape index (κ2) is 4.20. The Bertz CT molecular complexity index is 292. The number of hydrazine groups is 1. The summed E-state index contributed by atoms with van der Waals surface area (Å²) in [4.78, 5) is 6.59. The van der Waals surface area contributed by atoms with Crippen LogP contribution in [0.4, 0.5) is 5.13 Å². The lowest BCUT2D eigenvalue weighted by Gasteiger charge is -2.31. The predicted octanol–water partition coefficient (Wildman–Crippen LogP) is 0.421. The van der Waals surface area contributed by atoms with Gasteiger partial charge in [0, 0.05) is 37.7 Å². The highest BCUT2D eigenvalue weighted by Crippen LogP contribution is 2.11. The molecule has 78 valence electrons. The summed E-state index contributed by atoms with van der Waals surface area (Å²) < 4.78 is 4.13. The third-order valence-electron chi connectivity index (χ3n) is 2.28. The second-order valence-electron chi connectivity index (χ2n) is 3.55. The molecule has 0 bridgehead atoms. The summed E-state index contributed by atoms with van der Waals surface area (Å²) in [5.41, 5.74) is 3.27. The van der Waals surface area contributed by atoms with Gasteiger partial charge in [0.2, 0.25) is 5.13 Å². The van der Waals surface area contributed by atoms with E-state index < -0.39 is 0 Å². The number of rotatable bonds is 2. The van der Waals surface area contributed by atoms with E-state index in [1.165, 1.54) is 11.5 Å². The molecule has 14 heavy (non-hydrogen) atoms. The number of hydrogen-bond donors (Lipinski definition) is 1. The minimum atomic E-state index is 0.839. The fourth-order valence-corrected chi connectivity index (χ4v) is 2.00. The number of anilines is 1. The summed E-state index contributed by atoms with van der Waals surface area (Å²) in [6.07, 6.45) is 0. The average Bonchev–Trinajstić information content (AvgIpc) is 2.56. The molecule has 0 aliphatic carbocycles. The largest absolute Gasteiger partial charge is 0.304 e. The molecular weight excluding hydrogens is 198 g/mol. The number of nitrogens with one attached hydrogen (secondary N) is 1. The molecule has 0 spiro atoms. The first-order valence-electron chi connectivity index (χ1n) is 4.74. The third kappa shape index (κ3) is 2.40. The fraction of sp³-hybridized carbons (Fsp3) is 0.750. The molecule has 1 saturated heterocycles. The molecule has 1 aliphatic rings. The van der Waals surface area contributed by atoms with Crippen LogP contribution in [-0.4, -0.2) is 52.5 Å². The number of likely N-dealkylation sites (N-methyl/N-ethyl adjacent to an activating group) is 1. The molecule has 0 aromatic carbocycles. The van der Waals surface area contributed by atoms with E-state index in [1.54, 1.807) is 0 Å². The molecule has 1 aromatic heterocycles. The van der Waals surface area contributed by atoms with Crippen molar-refractivity contribution in [2.45, 2.75) is 6.92 Å². The van der Waals surface area contributed by atoms with Gasteiger partial charge in [-0.1, -0.05) is 0 Å². The van der Waals surface area contributed by atoms with Gasteiger partial charge in [-0.25, -0.2) is 9.99 Å². The van der Waals surface area contributed by atoms with Crippen molar-refractivity contribution >= 4 is 16.7 Å². The van der Waals surface area contributed by atoms with E-state index in [2.05, 4.69) is 31.7 Å². The Balaban J connectivity index is 1.86. The van der Waals surface area contributed by atoms with Crippen LogP contribution in [0, 0.1) is 6.92 Å². The molecule has 0 amide bonds. The lowest BCUT2D eigenvalue weighted by molar-refractivity contribution is 0.179. The number of hydrogen-bond acceptors (Lipinski definition) is 6. The standard InChI is InChI=1S/C8H15N5S/c1-7-9-8(14-11-7)10-13-5-3-12(2)4-6-13/h3-6H2,1-2H3,(H,9,10,11). The quantitative estimate of drug-likeness (QED) is 0.771. The number of aryl methyl sites for hydroxylation is 1. The number of aromatic nitrogens is 2. The fourth-order valence-electron chi connectivity index (χ4n) is 1.40. The van der Waals surface area contributed by atoms with Gasteiger partial charge >= 0.3 is 0 Å². The molecule has 0 atom stereocenters. The van der Waals surface area contributed by atoms with E-state index in [1.807, 2.05) is 6.92 Å². The SMILES string of the molecule is Cc1nsc(NN2CCN(C)CC2)n1. The Morgan fingerprint density at radius 3 is 2.57 bits per heavy atom. The minimum Gasteiger partial charge on any atom is -0.304 e. The number of nitrogens with zero attached hydrogens (tertiary/aromatic N) is 4. The summed E-state index contributed by atoms with van der Waals surface area (Å²) in [6.45, 7) is 6.19. The van der Waals surface area contributed by atoms with E-state index in [4.69, 9.17) is 0 Å². The van der Waals surface area contributed by atoms with Crippen LogP contribution in [-0.2, 0) is 0 Å². The Kier molecular flexibility index (Phi) is 2.95. The van der Waals surface area contributed by atoms with Crippen LogP contribution in [0.1, 0.15) is 5.82 Å². The molecule has 2 rings (SSSR count). The monoisotopic (exact) mass is 213 g/mol. The number of piperazine rings is 1. The third-order valence-corrected chi connectivity index (χ3v) is 3.00. The van der Waals surface area contributed by atoms with E-state index in [9.17, 15) is 0 Å². The first-order chi connectivity index (χ1) is 6.74. The Hall–Kier alpha value is -0.720. The first kappa shape index (κ1) is 9.82. The van der Waals surface area contributed by atoms with Crippen molar-refractivity contribution in [2.75, 3.05) is 38.7 Å². The molecule has 1 aliphatic heterocycles. The molecule has 6 heteroatoms. The van der Waals surface area contributed by atoms with Crippen molar-refractivity contribution in [3.63, 3.8) is 0 Å². The topological polar surface area (TPSA) is 44.3 Å². The van der Waals surface area contributed by atoms with Gasteiger partial charge in [-0.3, -0.25) is 5.43 Å². The van der Waals surface area contributed by atoms with Crippen LogP contribution < -0.4 is 5.43 Å². The van der Waals surface area contributed by atoms with Gasteiger partial charge in [0.05, 0.1) is 0 Å². The maximum Gasteiger partial charge on any atom is 0.217 e. The highest BCUT2D eigenvalue weighted by atomic mass is 32.1. The van der Waals surface area contributed by atoms with Crippen molar-refractivity contribution in [3.05, 3.63) is 5.82 Å². The highest BCUT2D eigenvalue weighted by Gasteiger charge is 2.14. The van der Waals surface area contributed by atoms with Crippen LogP contribution >= 0.6 is 11.5 Å². The Morgan fingerprint density at radius 2 is 2.00 bits per heavy atom. The zero-order valence-electron chi connectivity index (χ0n) is 8.53. The molecule has 1 fully saturated rings. The molecule has 0 radical (unpaired) electrons. The second-order valence-corrected chi connectivity index (χ2v) is 4.30. The Morgan fingerprint density at radius 1 is 1.29 bits per heavy atom. The van der Waals surface area contributed by atoms with Gasteiger partial charge in [-0.15, -0.1) is 0 Å². The minimum absolute atomic E-state index is 0.839. The molecular formula is C8H15N5S. The van der Waals surface area contributed by atoms with Gasteiger partial charge in [0.1, 0.15) is 5.82 Å². The van der Waals surface area contributed by atoms with Gasteiger partial charge in [-0.2, -0.15) is 4.37 Å². The van der Waals surface area contributed by atoms with Gasteiger partial charge in [-0.05, 0) is 14.0 Å². The summed E-state index contributed by atoms with van der Waals surface area (Å²) in [5, 5.41) is 3.09. The van der Waals surface area contributed by atoms with Crippen LogP contribution in [0.5, 0.6) is 0 Å². The van der Waals surface area contributed by atoms with Gasteiger partial charge < -0.3 is 4.90 Å². The molecule has 1 aromatic rings.